The number of hydrogen-bond acceptors (Lipinski definition) is 3. The van der Waals surface area contributed by atoms with Crippen LogP contribution in [0, 0.1) is 0 Å². The molecule has 0 radical (unpaired) electrons. The summed E-state index contributed by atoms with van der Waals surface area (Å²) >= 11 is 0. The molecule has 1 fully saturated rings. The fourth-order valence-corrected chi connectivity index (χ4v) is 2.05. The molecule has 0 saturated carbocycles. The van der Waals surface area contributed by atoms with E-state index in [1.165, 1.54) is 4.90 Å². The summed E-state index contributed by atoms with van der Waals surface area (Å²) < 4.78 is 5.26. The highest BCUT2D eigenvalue weighted by Crippen LogP contribution is 2.32. The molecule has 0 aromatic heterocycles. The second kappa shape index (κ2) is 4.57. The highest BCUT2D eigenvalue weighted by molar-refractivity contribution is 5.93. The van der Waals surface area contributed by atoms with Crippen LogP contribution in [0.5, 0.6) is 0 Å². The molecule has 0 aliphatic carbocycles. The summed E-state index contributed by atoms with van der Waals surface area (Å²) in [4.78, 5) is 24.5. The minimum atomic E-state index is -0.543. The Kier molecular flexibility index (Phi) is 3.13. The maximum atomic E-state index is 11.7. The molecule has 1 aromatic rings. The van der Waals surface area contributed by atoms with Crippen LogP contribution in [0.3, 0.4) is 0 Å². The molecule has 2 amide bonds. The first-order chi connectivity index (χ1) is 8.15. The van der Waals surface area contributed by atoms with Gasteiger partial charge in [0.1, 0.15) is 6.10 Å². The molecule has 1 saturated heterocycles. The lowest BCUT2D eigenvalue weighted by molar-refractivity contribution is -0.128. The van der Waals surface area contributed by atoms with Crippen molar-refractivity contribution in [1.29, 1.82) is 0 Å². The zero-order valence-corrected chi connectivity index (χ0v) is 9.92. The van der Waals surface area contributed by atoms with Crippen molar-refractivity contribution in [2.75, 3.05) is 0 Å². The first kappa shape index (κ1) is 11.6. The van der Waals surface area contributed by atoms with Crippen molar-refractivity contribution in [3.05, 3.63) is 35.9 Å². The van der Waals surface area contributed by atoms with Gasteiger partial charge >= 0.3 is 6.09 Å². The molecule has 4 nitrogen and oxygen atoms in total. The van der Waals surface area contributed by atoms with Crippen LogP contribution in [-0.4, -0.2) is 22.9 Å². The highest BCUT2D eigenvalue weighted by atomic mass is 16.6. The maximum Gasteiger partial charge on any atom is 0.417 e. The van der Waals surface area contributed by atoms with Crippen molar-refractivity contribution in [1.82, 2.24) is 4.90 Å². The van der Waals surface area contributed by atoms with Crippen molar-refractivity contribution in [3.8, 4) is 0 Å². The Hall–Kier alpha value is -1.84. The number of rotatable bonds is 2. The van der Waals surface area contributed by atoms with Crippen molar-refractivity contribution < 1.29 is 14.3 Å². The average Bonchev–Trinajstić information content (AvgIpc) is 2.65. The Morgan fingerprint density at radius 3 is 2.59 bits per heavy atom. The van der Waals surface area contributed by atoms with E-state index in [1.54, 1.807) is 6.92 Å². The molecule has 1 heterocycles. The van der Waals surface area contributed by atoms with Gasteiger partial charge in [-0.3, -0.25) is 4.79 Å². The average molecular weight is 233 g/mol. The molecular weight excluding hydrogens is 218 g/mol. The summed E-state index contributed by atoms with van der Waals surface area (Å²) in [6, 6.07) is 9.22. The number of cyclic esters (lactones) is 1. The van der Waals surface area contributed by atoms with Gasteiger partial charge in [-0.05, 0) is 12.5 Å². The van der Waals surface area contributed by atoms with Crippen molar-refractivity contribution in [2.45, 2.75) is 32.4 Å². The van der Waals surface area contributed by atoms with E-state index in [9.17, 15) is 9.59 Å². The van der Waals surface area contributed by atoms with Gasteiger partial charge in [-0.15, -0.1) is 0 Å². The number of carbonyl (C=O) groups excluding carboxylic acids is 2. The van der Waals surface area contributed by atoms with Gasteiger partial charge in [0.05, 0.1) is 6.04 Å². The number of imide groups is 1. The topological polar surface area (TPSA) is 46.6 Å². The van der Waals surface area contributed by atoms with E-state index in [-0.39, 0.29) is 18.1 Å². The molecule has 1 aliphatic rings. The lowest BCUT2D eigenvalue weighted by Gasteiger charge is -2.18. The Bertz CT molecular complexity index is 430. The number of hydrogen-bond donors (Lipinski definition) is 0. The van der Waals surface area contributed by atoms with Gasteiger partial charge in [0.15, 0.2) is 0 Å². The van der Waals surface area contributed by atoms with E-state index >= 15 is 0 Å². The number of benzene rings is 1. The van der Waals surface area contributed by atoms with E-state index in [0.717, 1.165) is 5.56 Å². The van der Waals surface area contributed by atoms with Gasteiger partial charge in [-0.1, -0.05) is 37.3 Å². The van der Waals surface area contributed by atoms with Crippen molar-refractivity contribution in [2.24, 2.45) is 0 Å². The summed E-state index contributed by atoms with van der Waals surface area (Å²) in [5.41, 5.74) is 0.916. The van der Waals surface area contributed by atoms with Gasteiger partial charge in [0.25, 0.3) is 0 Å². The molecule has 0 N–H and O–H groups in total. The third kappa shape index (κ3) is 2.02. The second-order valence-corrected chi connectivity index (χ2v) is 4.07. The third-order valence-electron chi connectivity index (χ3n) is 2.97. The summed E-state index contributed by atoms with van der Waals surface area (Å²) in [7, 11) is 0. The van der Waals surface area contributed by atoms with Gasteiger partial charge in [-0.2, -0.15) is 0 Å². The largest absolute Gasteiger partial charge is 0.439 e. The summed E-state index contributed by atoms with van der Waals surface area (Å²) in [5.74, 6) is -0.194. The van der Waals surface area contributed by atoms with Gasteiger partial charge in [-0.25, -0.2) is 9.69 Å². The quantitative estimate of drug-likeness (QED) is 0.788. The molecule has 1 aromatic carbocycles. The minimum Gasteiger partial charge on any atom is -0.439 e. The number of nitrogens with zero attached hydrogens (tertiary/aromatic N) is 1. The van der Waals surface area contributed by atoms with Gasteiger partial charge < -0.3 is 4.74 Å². The lowest BCUT2D eigenvalue weighted by Crippen LogP contribution is -2.37. The molecule has 0 spiro atoms. The highest BCUT2D eigenvalue weighted by Gasteiger charge is 2.42. The van der Waals surface area contributed by atoms with E-state index in [2.05, 4.69) is 0 Å². The monoisotopic (exact) mass is 233 g/mol. The van der Waals surface area contributed by atoms with Crippen LogP contribution in [0.25, 0.3) is 0 Å². The third-order valence-corrected chi connectivity index (χ3v) is 2.97. The Balaban J connectivity index is 2.24. The van der Waals surface area contributed by atoms with E-state index in [4.69, 9.17) is 4.74 Å². The predicted molar refractivity (Wildman–Crippen MR) is 62.3 cm³/mol. The number of ether oxygens (including phenoxy) is 1. The first-order valence-electron chi connectivity index (χ1n) is 5.72. The van der Waals surface area contributed by atoms with Crippen molar-refractivity contribution >= 4 is 12.0 Å². The molecule has 90 valence electrons. The van der Waals surface area contributed by atoms with Crippen LogP contribution in [0.15, 0.2) is 30.3 Å². The number of amides is 2. The summed E-state index contributed by atoms with van der Waals surface area (Å²) in [6.45, 7) is 3.56. The fraction of sp³-hybridized carbons (Fsp3) is 0.385. The molecule has 2 rings (SSSR count). The molecule has 1 unspecified atom stereocenters. The van der Waals surface area contributed by atoms with Crippen molar-refractivity contribution in [3.63, 3.8) is 0 Å². The SMILES string of the molecule is CCC(=O)N1C(=O)OC(c2ccccc2)[C@H]1C. The zero-order chi connectivity index (χ0) is 12.4. The number of carbonyl (C=O) groups is 2. The molecule has 1 aliphatic heterocycles. The normalized spacial score (nSPS) is 23.6. The molecule has 0 bridgehead atoms. The summed E-state index contributed by atoms with van der Waals surface area (Å²) in [6.07, 6.45) is -0.599. The predicted octanol–water partition coefficient (Wildman–Crippen LogP) is 2.51. The van der Waals surface area contributed by atoms with Gasteiger partial charge in [0.2, 0.25) is 5.91 Å². The van der Waals surface area contributed by atoms with Gasteiger partial charge in [0, 0.05) is 6.42 Å². The van der Waals surface area contributed by atoms with Crippen LogP contribution < -0.4 is 0 Å². The fourth-order valence-electron chi connectivity index (χ4n) is 2.05. The first-order valence-corrected chi connectivity index (χ1v) is 5.72. The van der Waals surface area contributed by atoms with E-state index in [1.807, 2.05) is 37.3 Å². The maximum absolute atomic E-state index is 11.7. The zero-order valence-electron chi connectivity index (χ0n) is 9.92. The lowest BCUT2D eigenvalue weighted by atomic mass is 10.0. The van der Waals surface area contributed by atoms with E-state index < -0.39 is 6.09 Å². The van der Waals surface area contributed by atoms with Crippen LogP contribution in [0.1, 0.15) is 31.9 Å². The van der Waals surface area contributed by atoms with Crippen LogP contribution >= 0.6 is 0 Å². The second-order valence-electron chi connectivity index (χ2n) is 4.07. The molecule has 2 atom stereocenters. The van der Waals surface area contributed by atoms with Crippen LogP contribution in [0.4, 0.5) is 4.79 Å². The van der Waals surface area contributed by atoms with E-state index in [0.29, 0.717) is 6.42 Å². The summed E-state index contributed by atoms with van der Waals surface area (Å²) in [5, 5.41) is 0. The molecule has 17 heavy (non-hydrogen) atoms. The minimum absolute atomic E-state index is 0.194. The smallest absolute Gasteiger partial charge is 0.417 e. The van der Waals surface area contributed by atoms with Crippen LogP contribution in [0.2, 0.25) is 0 Å². The van der Waals surface area contributed by atoms with Crippen LogP contribution in [-0.2, 0) is 9.53 Å². The Labute approximate surface area is 100 Å². The Morgan fingerprint density at radius 2 is 2.00 bits per heavy atom. The Morgan fingerprint density at radius 1 is 1.35 bits per heavy atom. The molecular formula is C13H15NO3. The standard InChI is InChI=1S/C13H15NO3/c1-3-11(15)14-9(2)12(17-13(14)16)10-7-5-4-6-8-10/h4-9,12H,3H2,1-2H3/t9-,12?/m1/s1. The molecule has 4 heteroatoms.